The molecule has 4 nitrogen and oxygen atoms in total. The maximum absolute atomic E-state index is 13.9. The zero-order valence-corrected chi connectivity index (χ0v) is 15.8. The lowest BCUT2D eigenvalue weighted by Crippen LogP contribution is -2.43. The van der Waals surface area contributed by atoms with E-state index in [1.165, 1.54) is 36.8 Å². The number of halogens is 3. The first-order chi connectivity index (χ1) is 12.1. The van der Waals surface area contributed by atoms with Crippen molar-refractivity contribution in [1.29, 1.82) is 0 Å². The molecule has 2 rings (SSSR count). The molecule has 1 atom stereocenters. The van der Waals surface area contributed by atoms with Crippen molar-refractivity contribution in [2.75, 3.05) is 20.7 Å². The average Bonchev–Trinajstić information content (AvgIpc) is 3.13. The van der Waals surface area contributed by atoms with E-state index in [-0.39, 0.29) is 16.2 Å². The summed E-state index contributed by atoms with van der Waals surface area (Å²) in [6.07, 6.45) is -3.32. The molecule has 1 unspecified atom stereocenters. The predicted molar refractivity (Wildman–Crippen MR) is 97.6 cm³/mol. The van der Waals surface area contributed by atoms with E-state index in [9.17, 15) is 18.3 Å². The fourth-order valence-corrected chi connectivity index (χ4v) is 3.28. The number of ether oxygens (including phenoxy) is 1. The highest BCUT2D eigenvalue weighted by atomic mass is 32.1. The summed E-state index contributed by atoms with van der Waals surface area (Å²) < 4.78 is 46.8. The first kappa shape index (κ1) is 20.3. The van der Waals surface area contributed by atoms with Gasteiger partial charge in [0.15, 0.2) is 0 Å². The molecule has 2 aromatic rings. The molecule has 0 bridgehead atoms. The van der Waals surface area contributed by atoms with Crippen LogP contribution in [0.4, 0.5) is 18.9 Å². The highest BCUT2D eigenvalue weighted by Gasteiger charge is 2.58. The quantitative estimate of drug-likeness (QED) is 0.588. The molecule has 0 aliphatic rings. The van der Waals surface area contributed by atoms with Gasteiger partial charge >= 0.3 is 6.18 Å². The molecule has 0 spiro atoms. The summed E-state index contributed by atoms with van der Waals surface area (Å²) in [7, 11) is 3.11. The van der Waals surface area contributed by atoms with Crippen molar-refractivity contribution in [3.63, 3.8) is 0 Å². The number of thiophene rings is 1. The van der Waals surface area contributed by atoms with Crippen LogP contribution in [-0.4, -0.2) is 43.2 Å². The van der Waals surface area contributed by atoms with E-state index in [0.717, 1.165) is 17.9 Å². The largest absolute Gasteiger partial charge is 0.496 e. The van der Waals surface area contributed by atoms with Gasteiger partial charge in [0.1, 0.15) is 5.75 Å². The number of rotatable bonds is 6. The van der Waals surface area contributed by atoms with Crippen molar-refractivity contribution in [3.8, 4) is 5.75 Å². The average molecular weight is 386 g/mol. The Kier molecular flexibility index (Phi) is 5.98. The van der Waals surface area contributed by atoms with Gasteiger partial charge in [-0.1, -0.05) is 6.07 Å². The van der Waals surface area contributed by atoms with E-state index in [1.54, 1.807) is 13.3 Å². The Balaban J connectivity index is 2.64. The fraction of sp³-hybridized carbons (Fsp3) is 0.389. The number of aryl methyl sites for hydroxylation is 1. The molecule has 0 saturated carbocycles. The molecular formula is C18H21F3N2O2S. The Morgan fingerprint density at radius 2 is 2.04 bits per heavy atom. The Bertz CT molecular complexity index is 775. The SMILES string of the molecule is CCN(C)/C=N/c1cc(OC)c(C(O)(c2cccs2)C(F)(F)F)cc1C. The van der Waals surface area contributed by atoms with Crippen LogP contribution < -0.4 is 4.74 Å². The van der Waals surface area contributed by atoms with Crippen LogP contribution in [0.25, 0.3) is 0 Å². The number of hydrogen-bond donors (Lipinski definition) is 1. The number of nitrogens with zero attached hydrogens (tertiary/aromatic N) is 2. The van der Waals surface area contributed by atoms with Crippen LogP contribution in [0.2, 0.25) is 0 Å². The highest BCUT2D eigenvalue weighted by molar-refractivity contribution is 7.10. The molecule has 0 fully saturated rings. The van der Waals surface area contributed by atoms with Crippen molar-refractivity contribution in [2.45, 2.75) is 25.6 Å². The molecule has 0 radical (unpaired) electrons. The zero-order valence-electron chi connectivity index (χ0n) is 15.0. The molecule has 1 aromatic heterocycles. The van der Waals surface area contributed by atoms with Gasteiger partial charge < -0.3 is 14.7 Å². The number of methoxy groups -OCH3 is 1. The Labute approximate surface area is 154 Å². The van der Waals surface area contributed by atoms with Crippen molar-refractivity contribution < 1.29 is 23.0 Å². The normalized spacial score (nSPS) is 14.5. The number of aliphatic imine (C=N–C) groups is 1. The standard InChI is InChI=1S/C18H21F3N2O2S/c1-5-23(3)11-22-14-10-15(25-4)13(9-12(14)2)17(24,18(19,20)21)16-7-6-8-26-16/h6-11,24H,5H2,1-4H3/b22-11+. The second kappa shape index (κ2) is 7.67. The van der Waals surface area contributed by atoms with Gasteiger partial charge in [-0.25, -0.2) is 4.99 Å². The van der Waals surface area contributed by atoms with Gasteiger partial charge in [0.25, 0.3) is 0 Å². The van der Waals surface area contributed by atoms with Crippen molar-refractivity contribution in [2.24, 2.45) is 4.99 Å². The molecule has 26 heavy (non-hydrogen) atoms. The Hall–Kier alpha value is -2.06. The van der Waals surface area contributed by atoms with Crippen LogP contribution in [0, 0.1) is 6.92 Å². The molecule has 1 heterocycles. The van der Waals surface area contributed by atoms with Crippen LogP contribution in [0.5, 0.6) is 5.75 Å². The number of aliphatic hydroxyl groups is 1. The molecular weight excluding hydrogens is 365 g/mol. The van der Waals surface area contributed by atoms with Crippen LogP contribution in [0.15, 0.2) is 34.6 Å². The van der Waals surface area contributed by atoms with E-state index in [2.05, 4.69) is 4.99 Å². The van der Waals surface area contributed by atoms with Crippen molar-refractivity contribution >= 4 is 23.4 Å². The smallest absolute Gasteiger partial charge is 0.426 e. The lowest BCUT2D eigenvalue weighted by atomic mass is 9.89. The lowest BCUT2D eigenvalue weighted by Gasteiger charge is -2.31. The second-order valence-corrected chi connectivity index (χ2v) is 6.79. The van der Waals surface area contributed by atoms with E-state index < -0.39 is 11.8 Å². The summed E-state index contributed by atoms with van der Waals surface area (Å²) in [6.45, 7) is 4.34. The molecule has 8 heteroatoms. The number of hydrogen-bond acceptors (Lipinski definition) is 4. The summed E-state index contributed by atoms with van der Waals surface area (Å²) in [6, 6.07) is 5.42. The summed E-state index contributed by atoms with van der Waals surface area (Å²) in [5.41, 5.74) is -2.53. The van der Waals surface area contributed by atoms with Gasteiger partial charge in [-0.15, -0.1) is 11.3 Å². The molecule has 0 aliphatic carbocycles. The first-order valence-corrected chi connectivity index (χ1v) is 8.79. The van der Waals surface area contributed by atoms with E-state index >= 15 is 0 Å². The van der Waals surface area contributed by atoms with Gasteiger partial charge in [0.05, 0.1) is 24.0 Å². The summed E-state index contributed by atoms with van der Waals surface area (Å²) in [5.74, 6) is -0.0740. The summed E-state index contributed by atoms with van der Waals surface area (Å²) in [5, 5.41) is 12.2. The minimum Gasteiger partial charge on any atom is -0.496 e. The van der Waals surface area contributed by atoms with E-state index in [1.807, 2.05) is 18.9 Å². The van der Waals surface area contributed by atoms with Crippen LogP contribution in [-0.2, 0) is 5.60 Å². The Morgan fingerprint density at radius 1 is 1.35 bits per heavy atom. The van der Waals surface area contributed by atoms with E-state index in [0.29, 0.717) is 11.3 Å². The van der Waals surface area contributed by atoms with Gasteiger partial charge in [0.2, 0.25) is 5.60 Å². The first-order valence-electron chi connectivity index (χ1n) is 7.91. The van der Waals surface area contributed by atoms with Gasteiger partial charge in [0, 0.05) is 25.2 Å². The van der Waals surface area contributed by atoms with Gasteiger partial charge in [-0.3, -0.25) is 0 Å². The van der Waals surface area contributed by atoms with Gasteiger partial charge in [-0.05, 0) is 36.9 Å². The lowest BCUT2D eigenvalue weighted by molar-refractivity contribution is -0.247. The third-order valence-corrected chi connectivity index (χ3v) is 5.07. The second-order valence-electron chi connectivity index (χ2n) is 5.84. The molecule has 1 N–H and O–H groups in total. The Morgan fingerprint density at radius 3 is 2.54 bits per heavy atom. The summed E-state index contributed by atoms with van der Waals surface area (Å²) in [4.78, 5) is 5.91. The van der Waals surface area contributed by atoms with Crippen LogP contribution in [0.1, 0.15) is 22.9 Å². The number of alkyl halides is 3. The summed E-state index contributed by atoms with van der Waals surface area (Å²) >= 11 is 0.836. The molecule has 0 aliphatic heterocycles. The fourth-order valence-electron chi connectivity index (χ4n) is 2.42. The molecule has 0 amide bonds. The maximum Gasteiger partial charge on any atom is 0.426 e. The minimum absolute atomic E-state index is 0.0740. The third-order valence-electron chi connectivity index (χ3n) is 4.09. The zero-order chi connectivity index (χ0) is 19.5. The highest BCUT2D eigenvalue weighted by Crippen LogP contribution is 2.49. The molecule has 142 valence electrons. The van der Waals surface area contributed by atoms with Crippen molar-refractivity contribution in [1.82, 2.24) is 4.90 Å². The van der Waals surface area contributed by atoms with Crippen LogP contribution in [0.3, 0.4) is 0 Å². The molecule has 1 aromatic carbocycles. The monoisotopic (exact) mass is 386 g/mol. The topological polar surface area (TPSA) is 45.1 Å². The van der Waals surface area contributed by atoms with Crippen molar-refractivity contribution in [3.05, 3.63) is 45.6 Å². The molecule has 0 saturated heterocycles. The van der Waals surface area contributed by atoms with Crippen LogP contribution >= 0.6 is 11.3 Å². The predicted octanol–water partition coefficient (Wildman–Crippen LogP) is 4.47. The number of benzene rings is 1. The maximum atomic E-state index is 13.9. The minimum atomic E-state index is -4.91. The van der Waals surface area contributed by atoms with E-state index in [4.69, 9.17) is 4.74 Å². The van der Waals surface area contributed by atoms with Gasteiger partial charge in [-0.2, -0.15) is 13.2 Å². The third kappa shape index (κ3) is 3.71.